The highest BCUT2D eigenvalue weighted by Gasteiger charge is 2.64. The van der Waals surface area contributed by atoms with Crippen LogP contribution in [-0.4, -0.2) is 16.8 Å². The summed E-state index contributed by atoms with van der Waals surface area (Å²) in [5.74, 6) is -0.0698. The van der Waals surface area contributed by atoms with Crippen molar-refractivity contribution in [2.75, 3.05) is 5.32 Å². The topological polar surface area (TPSA) is 87.7 Å². The van der Waals surface area contributed by atoms with Crippen LogP contribution in [-0.2, 0) is 5.41 Å². The van der Waals surface area contributed by atoms with Crippen LogP contribution in [0, 0.1) is 17.7 Å². The number of primary amides is 1. The van der Waals surface area contributed by atoms with Crippen molar-refractivity contribution in [1.29, 1.82) is 0 Å². The lowest BCUT2D eigenvalue weighted by Gasteiger charge is -2.19. The Balaban J connectivity index is 1.68. The van der Waals surface area contributed by atoms with Crippen LogP contribution >= 0.6 is 0 Å². The number of nitrogens with zero attached hydrogens (tertiary/aromatic N) is 1. The third kappa shape index (κ3) is 2.37. The number of hydrogen-bond donors (Lipinski definition) is 3. The van der Waals surface area contributed by atoms with Gasteiger partial charge in [-0.25, -0.2) is 9.38 Å². The number of aromatic hydroxyl groups is 1. The SMILES string of the molecule is CC1C2C(Nc3cccc(F)c3)=NC=CC12c1ccc(O)c(C(N)=O)c1. The molecule has 132 valence electrons. The number of halogens is 1. The summed E-state index contributed by atoms with van der Waals surface area (Å²) >= 11 is 0. The first kappa shape index (κ1) is 16.3. The molecule has 1 aliphatic carbocycles. The fourth-order valence-corrected chi connectivity index (χ4v) is 3.99. The quantitative estimate of drug-likeness (QED) is 0.794. The summed E-state index contributed by atoms with van der Waals surface area (Å²) in [5, 5.41) is 13.1. The maximum absolute atomic E-state index is 13.4. The van der Waals surface area contributed by atoms with Crippen LogP contribution in [0.2, 0.25) is 0 Å². The number of rotatable bonds is 3. The smallest absolute Gasteiger partial charge is 0.252 e. The van der Waals surface area contributed by atoms with Crippen LogP contribution < -0.4 is 11.1 Å². The Morgan fingerprint density at radius 2 is 2.12 bits per heavy atom. The number of phenols is 1. The highest BCUT2D eigenvalue weighted by atomic mass is 19.1. The minimum Gasteiger partial charge on any atom is -0.507 e. The van der Waals surface area contributed by atoms with Crippen molar-refractivity contribution in [3.8, 4) is 5.75 Å². The Morgan fingerprint density at radius 1 is 1.31 bits per heavy atom. The van der Waals surface area contributed by atoms with Gasteiger partial charge >= 0.3 is 0 Å². The van der Waals surface area contributed by atoms with E-state index in [4.69, 9.17) is 5.73 Å². The van der Waals surface area contributed by atoms with E-state index in [0.29, 0.717) is 5.69 Å². The summed E-state index contributed by atoms with van der Waals surface area (Å²) in [6.45, 7) is 2.10. The van der Waals surface area contributed by atoms with Crippen LogP contribution in [0.3, 0.4) is 0 Å². The number of aliphatic imine (C=N–C) groups is 1. The molecule has 1 heterocycles. The molecule has 1 amide bonds. The average molecular weight is 351 g/mol. The zero-order chi connectivity index (χ0) is 18.5. The molecule has 1 fully saturated rings. The maximum atomic E-state index is 13.4. The van der Waals surface area contributed by atoms with Crippen LogP contribution in [0.4, 0.5) is 10.1 Å². The average Bonchev–Trinajstić information content (AvgIpc) is 3.22. The van der Waals surface area contributed by atoms with Gasteiger partial charge in [-0.3, -0.25) is 4.79 Å². The number of amidine groups is 1. The van der Waals surface area contributed by atoms with Crippen LogP contribution in [0.5, 0.6) is 5.75 Å². The fraction of sp³-hybridized carbons (Fsp3) is 0.200. The zero-order valence-electron chi connectivity index (χ0n) is 14.1. The molecule has 2 aromatic carbocycles. The molecule has 2 aromatic rings. The van der Waals surface area contributed by atoms with Gasteiger partial charge in [0.1, 0.15) is 17.4 Å². The Hall–Kier alpha value is -3.15. The molecule has 0 bridgehead atoms. The molecule has 0 aromatic heterocycles. The number of hydrogen-bond acceptors (Lipinski definition) is 4. The largest absolute Gasteiger partial charge is 0.507 e. The molecule has 3 unspecified atom stereocenters. The van der Waals surface area contributed by atoms with Crippen LogP contribution in [0.25, 0.3) is 0 Å². The minimum atomic E-state index is -0.669. The summed E-state index contributed by atoms with van der Waals surface area (Å²) < 4.78 is 13.4. The van der Waals surface area contributed by atoms with E-state index in [1.807, 2.05) is 6.08 Å². The van der Waals surface area contributed by atoms with Crippen molar-refractivity contribution in [1.82, 2.24) is 0 Å². The summed E-state index contributed by atoms with van der Waals surface area (Å²) in [5.41, 5.74) is 6.67. The first-order valence-electron chi connectivity index (χ1n) is 8.35. The lowest BCUT2D eigenvalue weighted by molar-refractivity contribution is 0.0997. The molecule has 0 spiro atoms. The Morgan fingerprint density at radius 3 is 2.85 bits per heavy atom. The normalized spacial score (nSPS) is 26.0. The predicted octanol–water partition coefficient (Wildman–Crippen LogP) is 3.17. The van der Waals surface area contributed by atoms with Crippen molar-refractivity contribution >= 4 is 17.4 Å². The van der Waals surface area contributed by atoms with E-state index in [1.165, 1.54) is 18.2 Å². The summed E-state index contributed by atoms with van der Waals surface area (Å²) in [6, 6.07) is 11.2. The van der Waals surface area contributed by atoms with Crippen LogP contribution in [0.15, 0.2) is 59.7 Å². The van der Waals surface area contributed by atoms with Crippen molar-refractivity contribution in [2.45, 2.75) is 12.3 Å². The van der Waals surface area contributed by atoms with E-state index in [9.17, 15) is 14.3 Å². The highest BCUT2D eigenvalue weighted by molar-refractivity contribution is 6.03. The molecule has 1 aliphatic heterocycles. The second-order valence-electron chi connectivity index (χ2n) is 6.76. The second-order valence-corrected chi connectivity index (χ2v) is 6.76. The minimum absolute atomic E-state index is 0.0704. The third-order valence-electron chi connectivity index (χ3n) is 5.38. The molecule has 26 heavy (non-hydrogen) atoms. The summed E-state index contributed by atoms with van der Waals surface area (Å²) in [4.78, 5) is 16.0. The number of benzene rings is 2. The third-order valence-corrected chi connectivity index (χ3v) is 5.38. The van der Waals surface area contributed by atoms with Gasteiger partial charge < -0.3 is 16.2 Å². The number of anilines is 1. The first-order chi connectivity index (χ1) is 12.4. The maximum Gasteiger partial charge on any atom is 0.252 e. The van der Waals surface area contributed by atoms with E-state index in [0.717, 1.165) is 11.4 Å². The zero-order valence-corrected chi connectivity index (χ0v) is 14.1. The van der Waals surface area contributed by atoms with Gasteiger partial charge in [0.2, 0.25) is 0 Å². The van der Waals surface area contributed by atoms with Gasteiger partial charge in [0.15, 0.2) is 0 Å². The molecule has 4 N–H and O–H groups in total. The van der Waals surface area contributed by atoms with Gasteiger partial charge in [-0.15, -0.1) is 0 Å². The van der Waals surface area contributed by atoms with E-state index < -0.39 is 5.91 Å². The lowest BCUT2D eigenvalue weighted by Crippen LogP contribution is -2.23. The Bertz CT molecular complexity index is 969. The number of allylic oxidation sites excluding steroid dienone is 1. The Labute approximate surface area is 150 Å². The molecule has 2 aliphatic rings. The van der Waals surface area contributed by atoms with Gasteiger partial charge in [-0.1, -0.05) is 25.1 Å². The van der Waals surface area contributed by atoms with E-state index in [1.54, 1.807) is 30.5 Å². The van der Waals surface area contributed by atoms with Crippen LogP contribution in [0.1, 0.15) is 22.8 Å². The van der Waals surface area contributed by atoms with E-state index >= 15 is 0 Å². The summed E-state index contributed by atoms with van der Waals surface area (Å²) in [6.07, 6.45) is 3.73. The number of nitrogens with two attached hydrogens (primary N) is 1. The first-order valence-corrected chi connectivity index (χ1v) is 8.35. The molecule has 3 atom stereocenters. The number of fused-ring (bicyclic) bond motifs is 1. The molecular formula is C20H18FN3O2. The number of amides is 1. The van der Waals surface area contributed by atoms with Crippen molar-refractivity contribution in [3.05, 3.63) is 71.7 Å². The van der Waals surface area contributed by atoms with Crippen molar-refractivity contribution < 1.29 is 14.3 Å². The van der Waals surface area contributed by atoms with Gasteiger partial charge in [0.25, 0.3) is 5.91 Å². The van der Waals surface area contributed by atoms with Crippen molar-refractivity contribution in [3.63, 3.8) is 0 Å². The molecule has 0 radical (unpaired) electrons. The highest BCUT2D eigenvalue weighted by Crippen LogP contribution is 2.63. The number of carbonyl (C=O) groups is 1. The molecule has 1 saturated carbocycles. The van der Waals surface area contributed by atoms with Gasteiger partial charge in [0.05, 0.1) is 5.56 Å². The monoisotopic (exact) mass is 351 g/mol. The molecule has 5 nitrogen and oxygen atoms in total. The second kappa shape index (κ2) is 5.69. The van der Waals surface area contributed by atoms with E-state index in [2.05, 4.69) is 17.2 Å². The van der Waals surface area contributed by atoms with Crippen molar-refractivity contribution in [2.24, 2.45) is 22.6 Å². The lowest BCUT2D eigenvalue weighted by atomic mass is 9.89. The Kier molecular flexibility index (Phi) is 3.57. The molecule has 0 saturated heterocycles. The number of carbonyl (C=O) groups excluding carboxylic acids is 1. The molecule has 6 heteroatoms. The van der Waals surface area contributed by atoms with Gasteiger partial charge in [0, 0.05) is 23.2 Å². The summed E-state index contributed by atoms with van der Waals surface area (Å²) in [7, 11) is 0. The predicted molar refractivity (Wildman–Crippen MR) is 97.6 cm³/mol. The van der Waals surface area contributed by atoms with E-state index in [-0.39, 0.29) is 34.4 Å². The van der Waals surface area contributed by atoms with Gasteiger partial charge in [-0.05, 0) is 41.8 Å². The number of nitrogens with one attached hydrogen (secondary N) is 1. The molecular weight excluding hydrogens is 333 g/mol. The fourth-order valence-electron chi connectivity index (χ4n) is 3.99. The standard InChI is InChI=1S/C20H18FN3O2/c1-11-17-19(24-14-4-2-3-13(21)10-14)23-8-7-20(11,17)12-5-6-16(25)15(9-12)18(22)26/h2-11,17,25H,1H3,(H2,22,26)(H,23,24). The van der Waals surface area contributed by atoms with Gasteiger partial charge in [-0.2, -0.15) is 0 Å². The molecule has 4 rings (SSSR count).